The van der Waals surface area contributed by atoms with Crippen molar-refractivity contribution in [2.45, 2.75) is 26.3 Å². The molecule has 2 N–H and O–H groups in total. The summed E-state index contributed by atoms with van der Waals surface area (Å²) in [5.74, 6) is -0.322. The highest BCUT2D eigenvalue weighted by molar-refractivity contribution is 5.67. The first-order chi connectivity index (χ1) is 12.5. The van der Waals surface area contributed by atoms with Crippen LogP contribution in [0.15, 0.2) is 48.8 Å². The molecule has 0 unspecified atom stereocenters. The van der Waals surface area contributed by atoms with Gasteiger partial charge in [0.2, 0.25) is 5.95 Å². The highest BCUT2D eigenvalue weighted by Crippen LogP contribution is 2.25. The van der Waals surface area contributed by atoms with Crippen LogP contribution >= 0.6 is 0 Å². The molecular weight excluding hydrogens is 336 g/mol. The van der Waals surface area contributed by atoms with Gasteiger partial charge in [-0.3, -0.25) is 4.98 Å². The van der Waals surface area contributed by atoms with E-state index in [2.05, 4.69) is 25.6 Å². The summed E-state index contributed by atoms with van der Waals surface area (Å²) >= 11 is 0. The molecule has 5 nitrogen and oxygen atoms in total. The molecule has 1 atom stereocenters. The Morgan fingerprint density at radius 3 is 2.54 bits per heavy atom. The van der Waals surface area contributed by atoms with Gasteiger partial charge in [0, 0.05) is 36.1 Å². The van der Waals surface area contributed by atoms with E-state index in [9.17, 15) is 8.78 Å². The van der Waals surface area contributed by atoms with Gasteiger partial charge in [0.1, 0.15) is 17.5 Å². The molecule has 1 aromatic carbocycles. The molecule has 0 spiro atoms. The van der Waals surface area contributed by atoms with E-state index in [1.54, 1.807) is 18.5 Å². The normalized spacial score (nSPS) is 11.8. The molecule has 134 valence electrons. The summed E-state index contributed by atoms with van der Waals surface area (Å²) in [4.78, 5) is 12.9. The Bertz CT molecular complexity index is 886. The number of benzene rings is 1. The van der Waals surface area contributed by atoms with Gasteiger partial charge >= 0.3 is 0 Å². The van der Waals surface area contributed by atoms with Crippen LogP contribution in [0, 0.1) is 11.6 Å². The zero-order valence-corrected chi connectivity index (χ0v) is 14.5. The summed E-state index contributed by atoms with van der Waals surface area (Å²) in [5, 5.41) is 6.04. The second kappa shape index (κ2) is 7.86. The Morgan fingerprint density at radius 2 is 1.81 bits per heavy atom. The molecule has 2 aromatic heterocycles. The maximum atomic E-state index is 13.9. The van der Waals surface area contributed by atoms with Crippen LogP contribution in [0.25, 0.3) is 11.3 Å². The maximum Gasteiger partial charge on any atom is 0.225 e. The Balaban J connectivity index is 2.00. The van der Waals surface area contributed by atoms with Crippen molar-refractivity contribution in [2.24, 2.45) is 0 Å². The lowest BCUT2D eigenvalue weighted by molar-refractivity contribution is 0.603. The summed E-state index contributed by atoms with van der Waals surface area (Å²) in [6.45, 7) is 4.06. The van der Waals surface area contributed by atoms with Crippen molar-refractivity contribution in [1.29, 1.82) is 0 Å². The maximum absolute atomic E-state index is 13.9. The number of nitrogens with zero attached hydrogens (tertiary/aromatic N) is 3. The van der Waals surface area contributed by atoms with Crippen molar-refractivity contribution in [3.05, 3.63) is 60.4 Å². The first kappa shape index (κ1) is 17.7. The molecule has 0 aliphatic rings. The second-order valence-electron chi connectivity index (χ2n) is 5.90. The van der Waals surface area contributed by atoms with E-state index in [0.717, 1.165) is 30.2 Å². The summed E-state index contributed by atoms with van der Waals surface area (Å²) in [6, 6.07) is 8.72. The van der Waals surface area contributed by atoms with E-state index in [-0.39, 0.29) is 11.7 Å². The third-order valence-electron chi connectivity index (χ3n) is 3.88. The quantitative estimate of drug-likeness (QED) is 0.667. The second-order valence-corrected chi connectivity index (χ2v) is 5.90. The highest BCUT2D eigenvalue weighted by atomic mass is 19.1. The molecule has 0 aliphatic carbocycles. The number of nitrogens with one attached hydrogen (secondary N) is 2. The van der Waals surface area contributed by atoms with Crippen molar-refractivity contribution < 1.29 is 8.78 Å². The van der Waals surface area contributed by atoms with Crippen LogP contribution in [-0.4, -0.2) is 21.0 Å². The van der Waals surface area contributed by atoms with Crippen LogP contribution in [0.4, 0.5) is 26.2 Å². The van der Waals surface area contributed by atoms with Gasteiger partial charge in [0.05, 0.1) is 11.4 Å². The molecule has 26 heavy (non-hydrogen) atoms. The molecule has 3 aromatic rings. The first-order valence-electron chi connectivity index (χ1n) is 8.33. The van der Waals surface area contributed by atoms with E-state index in [4.69, 9.17) is 0 Å². The Hall–Kier alpha value is -3.09. The molecular formula is C19H19F2N5. The average molecular weight is 355 g/mol. The lowest BCUT2D eigenvalue weighted by atomic mass is 10.2. The van der Waals surface area contributed by atoms with Crippen LogP contribution in [0.1, 0.15) is 20.3 Å². The van der Waals surface area contributed by atoms with Crippen molar-refractivity contribution in [1.82, 2.24) is 15.0 Å². The minimum absolute atomic E-state index is 0.0128. The fourth-order valence-corrected chi connectivity index (χ4v) is 2.30. The van der Waals surface area contributed by atoms with Gasteiger partial charge in [-0.25, -0.2) is 13.8 Å². The van der Waals surface area contributed by atoms with Crippen LogP contribution in [0.5, 0.6) is 0 Å². The van der Waals surface area contributed by atoms with E-state index >= 15 is 0 Å². The van der Waals surface area contributed by atoms with Gasteiger partial charge in [0.25, 0.3) is 0 Å². The Kier molecular flexibility index (Phi) is 5.36. The van der Waals surface area contributed by atoms with Gasteiger partial charge in [-0.15, -0.1) is 0 Å². The largest absolute Gasteiger partial charge is 0.352 e. The lowest BCUT2D eigenvalue weighted by Crippen LogP contribution is -2.16. The molecule has 0 saturated carbocycles. The monoisotopic (exact) mass is 355 g/mol. The van der Waals surface area contributed by atoms with Gasteiger partial charge in [0.15, 0.2) is 0 Å². The highest BCUT2D eigenvalue weighted by Gasteiger charge is 2.11. The van der Waals surface area contributed by atoms with Crippen molar-refractivity contribution >= 4 is 17.5 Å². The molecule has 0 radical (unpaired) electrons. The molecule has 0 saturated heterocycles. The Morgan fingerprint density at radius 1 is 1.04 bits per heavy atom. The van der Waals surface area contributed by atoms with Gasteiger partial charge in [-0.2, -0.15) is 4.98 Å². The van der Waals surface area contributed by atoms with E-state index < -0.39 is 11.6 Å². The minimum atomic E-state index is -0.563. The standard InChI is InChI=1S/C19H19F2N5/c1-3-12(2)23-19-25-16(13-6-8-22-9-7-13)11-18(26-19)24-17-10-14(20)4-5-15(17)21/h4-12H,3H2,1-2H3,(H2,23,24,25,26)/t12-/m1/s1. The van der Waals surface area contributed by atoms with Gasteiger partial charge < -0.3 is 10.6 Å². The molecule has 0 aliphatic heterocycles. The molecule has 2 heterocycles. The molecule has 3 rings (SSSR count). The predicted octanol–water partition coefficient (Wildman–Crippen LogP) is 4.77. The zero-order valence-electron chi connectivity index (χ0n) is 14.5. The molecule has 0 amide bonds. The fraction of sp³-hybridized carbons (Fsp3) is 0.211. The van der Waals surface area contributed by atoms with E-state index in [1.807, 2.05) is 26.0 Å². The number of rotatable bonds is 6. The number of hydrogen-bond acceptors (Lipinski definition) is 5. The topological polar surface area (TPSA) is 62.7 Å². The number of hydrogen-bond donors (Lipinski definition) is 2. The number of anilines is 3. The number of halogens is 2. The van der Waals surface area contributed by atoms with Crippen LogP contribution < -0.4 is 10.6 Å². The zero-order chi connectivity index (χ0) is 18.5. The number of aromatic nitrogens is 3. The van der Waals surface area contributed by atoms with Gasteiger partial charge in [-0.1, -0.05) is 6.92 Å². The third kappa shape index (κ3) is 4.30. The number of pyridine rings is 1. The van der Waals surface area contributed by atoms with E-state index in [1.165, 1.54) is 0 Å². The summed E-state index contributed by atoms with van der Waals surface area (Å²) in [5.41, 5.74) is 1.50. The van der Waals surface area contributed by atoms with Crippen LogP contribution in [0.2, 0.25) is 0 Å². The Labute approximate surface area is 150 Å². The summed E-state index contributed by atoms with van der Waals surface area (Å²) in [6.07, 6.45) is 4.22. The van der Waals surface area contributed by atoms with Crippen molar-refractivity contribution in [3.8, 4) is 11.3 Å². The molecule has 0 bridgehead atoms. The van der Waals surface area contributed by atoms with Crippen molar-refractivity contribution in [2.75, 3.05) is 10.6 Å². The minimum Gasteiger partial charge on any atom is -0.352 e. The van der Waals surface area contributed by atoms with Crippen molar-refractivity contribution in [3.63, 3.8) is 0 Å². The molecule has 0 fully saturated rings. The van der Waals surface area contributed by atoms with Crippen LogP contribution in [-0.2, 0) is 0 Å². The smallest absolute Gasteiger partial charge is 0.225 e. The third-order valence-corrected chi connectivity index (χ3v) is 3.88. The van der Waals surface area contributed by atoms with E-state index in [0.29, 0.717) is 17.5 Å². The first-order valence-corrected chi connectivity index (χ1v) is 8.33. The lowest BCUT2D eigenvalue weighted by Gasteiger charge is -2.15. The predicted molar refractivity (Wildman–Crippen MR) is 98.3 cm³/mol. The summed E-state index contributed by atoms with van der Waals surface area (Å²) in [7, 11) is 0. The van der Waals surface area contributed by atoms with Crippen LogP contribution in [0.3, 0.4) is 0 Å². The molecule has 7 heteroatoms. The average Bonchev–Trinajstić information content (AvgIpc) is 2.65. The SMILES string of the molecule is CC[C@@H](C)Nc1nc(Nc2cc(F)ccc2F)cc(-c2ccncc2)n1. The van der Waals surface area contributed by atoms with Gasteiger partial charge in [-0.05, 0) is 37.6 Å². The summed E-state index contributed by atoms with van der Waals surface area (Å²) < 4.78 is 27.4. The fourth-order valence-electron chi connectivity index (χ4n) is 2.30.